The van der Waals surface area contributed by atoms with Crippen LogP contribution < -0.4 is 4.74 Å². The highest BCUT2D eigenvalue weighted by Crippen LogP contribution is 2.23. The Balaban J connectivity index is 1.43. The molecule has 1 amide bonds. The molecule has 9 heteroatoms. The quantitative estimate of drug-likeness (QED) is 0.615. The first-order valence-corrected chi connectivity index (χ1v) is 11.6. The standard InChI is InChI=1S/C21H26ClN3O4S/c1-23(30(27,28)18-7-3-2-4-8-18)17-21(26)25-13-11-24(12-14-25)15-16-29-20-10-6-5-9-19(20)22/h2-10H,11-17H2,1H3. The van der Waals surface area contributed by atoms with Gasteiger partial charge in [0.1, 0.15) is 12.4 Å². The summed E-state index contributed by atoms with van der Waals surface area (Å²) in [7, 11) is -2.24. The molecule has 1 heterocycles. The highest BCUT2D eigenvalue weighted by atomic mass is 35.5. The van der Waals surface area contributed by atoms with Crippen molar-refractivity contribution in [3.05, 3.63) is 59.6 Å². The maximum Gasteiger partial charge on any atom is 0.243 e. The minimum Gasteiger partial charge on any atom is -0.491 e. The topological polar surface area (TPSA) is 70.2 Å². The van der Waals surface area contributed by atoms with Gasteiger partial charge in [-0.1, -0.05) is 41.9 Å². The van der Waals surface area contributed by atoms with Crippen LogP contribution >= 0.6 is 11.6 Å². The van der Waals surface area contributed by atoms with Crippen molar-refractivity contribution in [1.82, 2.24) is 14.1 Å². The number of halogens is 1. The summed E-state index contributed by atoms with van der Waals surface area (Å²) >= 11 is 6.08. The molecular formula is C21H26ClN3O4S. The van der Waals surface area contributed by atoms with Gasteiger partial charge in [0, 0.05) is 39.8 Å². The summed E-state index contributed by atoms with van der Waals surface area (Å²) < 4.78 is 32.0. The number of hydrogen-bond donors (Lipinski definition) is 0. The van der Waals surface area contributed by atoms with Gasteiger partial charge in [0.25, 0.3) is 0 Å². The van der Waals surface area contributed by atoms with Gasteiger partial charge in [0.15, 0.2) is 0 Å². The molecule has 1 saturated heterocycles. The second-order valence-corrected chi connectivity index (χ2v) is 9.53. The molecule has 2 aromatic rings. The van der Waals surface area contributed by atoms with Gasteiger partial charge in [-0.25, -0.2) is 8.42 Å². The molecule has 0 N–H and O–H groups in total. The van der Waals surface area contributed by atoms with Gasteiger partial charge in [0.2, 0.25) is 15.9 Å². The molecule has 7 nitrogen and oxygen atoms in total. The van der Waals surface area contributed by atoms with Crippen molar-refractivity contribution in [2.75, 3.05) is 52.9 Å². The Bertz CT molecular complexity index is 948. The minimum atomic E-state index is -3.68. The monoisotopic (exact) mass is 451 g/mol. The van der Waals surface area contributed by atoms with Crippen LogP contribution in [0.2, 0.25) is 5.02 Å². The Morgan fingerprint density at radius 1 is 1.03 bits per heavy atom. The molecule has 0 atom stereocenters. The van der Waals surface area contributed by atoms with Gasteiger partial charge >= 0.3 is 0 Å². The lowest BCUT2D eigenvalue weighted by atomic mass is 10.3. The van der Waals surface area contributed by atoms with E-state index in [1.54, 1.807) is 29.2 Å². The minimum absolute atomic E-state index is 0.174. The first-order chi connectivity index (χ1) is 14.4. The predicted molar refractivity (Wildman–Crippen MR) is 116 cm³/mol. The average molecular weight is 452 g/mol. The number of rotatable bonds is 8. The largest absolute Gasteiger partial charge is 0.491 e. The Labute approximate surface area is 182 Å². The third kappa shape index (κ3) is 5.72. The van der Waals surface area contributed by atoms with Crippen LogP contribution in [0.4, 0.5) is 0 Å². The van der Waals surface area contributed by atoms with Crippen LogP contribution in [0.1, 0.15) is 0 Å². The zero-order valence-electron chi connectivity index (χ0n) is 16.9. The summed E-state index contributed by atoms with van der Waals surface area (Å²) in [5.41, 5.74) is 0. The van der Waals surface area contributed by atoms with Crippen LogP contribution in [-0.2, 0) is 14.8 Å². The van der Waals surface area contributed by atoms with Crippen molar-refractivity contribution in [3.8, 4) is 5.75 Å². The molecule has 2 aromatic carbocycles. The molecule has 0 aromatic heterocycles. The summed E-state index contributed by atoms with van der Waals surface area (Å²) in [5, 5.41) is 0.586. The molecule has 0 spiro atoms. The van der Waals surface area contributed by atoms with Crippen molar-refractivity contribution in [2.45, 2.75) is 4.90 Å². The molecule has 30 heavy (non-hydrogen) atoms. The zero-order chi connectivity index (χ0) is 21.6. The normalized spacial score (nSPS) is 15.4. The third-order valence-electron chi connectivity index (χ3n) is 5.04. The van der Waals surface area contributed by atoms with Crippen LogP contribution in [0.5, 0.6) is 5.75 Å². The number of amides is 1. The molecule has 0 unspecified atom stereocenters. The van der Waals surface area contributed by atoms with Gasteiger partial charge in [-0.2, -0.15) is 4.31 Å². The van der Waals surface area contributed by atoms with E-state index in [2.05, 4.69) is 4.90 Å². The summed E-state index contributed by atoms with van der Waals surface area (Å²) in [6.45, 7) is 3.62. The highest BCUT2D eigenvalue weighted by molar-refractivity contribution is 7.89. The second-order valence-electron chi connectivity index (χ2n) is 7.08. The first kappa shape index (κ1) is 22.6. The number of likely N-dealkylation sites (N-methyl/N-ethyl adjacent to an activating group) is 1. The van der Waals surface area contributed by atoms with Crippen molar-refractivity contribution in [1.29, 1.82) is 0 Å². The number of ether oxygens (including phenoxy) is 1. The van der Waals surface area contributed by atoms with E-state index in [-0.39, 0.29) is 17.3 Å². The second kappa shape index (κ2) is 10.3. The zero-order valence-corrected chi connectivity index (χ0v) is 18.5. The van der Waals surface area contributed by atoms with Crippen molar-refractivity contribution < 1.29 is 17.9 Å². The van der Waals surface area contributed by atoms with Gasteiger partial charge in [0.05, 0.1) is 16.5 Å². The Morgan fingerprint density at radius 3 is 2.33 bits per heavy atom. The molecule has 3 rings (SSSR count). The van der Waals surface area contributed by atoms with Crippen LogP contribution in [0.15, 0.2) is 59.5 Å². The van der Waals surface area contributed by atoms with Crippen LogP contribution in [0.3, 0.4) is 0 Å². The number of sulfonamides is 1. The van der Waals surface area contributed by atoms with Crippen molar-refractivity contribution in [2.24, 2.45) is 0 Å². The summed E-state index contributed by atoms with van der Waals surface area (Å²) in [6, 6.07) is 15.5. The summed E-state index contributed by atoms with van der Waals surface area (Å²) in [6.07, 6.45) is 0. The van der Waals surface area contributed by atoms with E-state index < -0.39 is 10.0 Å². The van der Waals surface area contributed by atoms with Gasteiger partial charge in [-0.3, -0.25) is 9.69 Å². The maximum atomic E-state index is 12.6. The van der Waals surface area contributed by atoms with E-state index in [4.69, 9.17) is 16.3 Å². The van der Waals surface area contributed by atoms with E-state index in [1.807, 2.05) is 18.2 Å². The molecule has 1 aliphatic rings. The number of carbonyl (C=O) groups is 1. The third-order valence-corrected chi connectivity index (χ3v) is 7.17. The smallest absolute Gasteiger partial charge is 0.243 e. The number of hydrogen-bond acceptors (Lipinski definition) is 5. The Hall–Kier alpha value is -2.13. The van der Waals surface area contributed by atoms with E-state index in [0.717, 1.165) is 10.8 Å². The number of carbonyl (C=O) groups excluding carboxylic acids is 1. The van der Waals surface area contributed by atoms with Gasteiger partial charge in [-0.15, -0.1) is 0 Å². The lowest BCUT2D eigenvalue weighted by Crippen LogP contribution is -2.51. The van der Waals surface area contributed by atoms with Crippen LogP contribution in [-0.4, -0.2) is 81.4 Å². The highest BCUT2D eigenvalue weighted by Gasteiger charge is 2.27. The van der Waals surface area contributed by atoms with Gasteiger partial charge < -0.3 is 9.64 Å². The van der Waals surface area contributed by atoms with Crippen LogP contribution in [0, 0.1) is 0 Å². The fourth-order valence-electron chi connectivity index (χ4n) is 3.22. The Kier molecular flexibility index (Phi) is 7.71. The number of para-hydroxylation sites is 1. The summed E-state index contributed by atoms with van der Waals surface area (Å²) in [4.78, 5) is 16.7. The number of benzene rings is 2. The molecule has 1 fully saturated rings. The molecule has 1 aliphatic heterocycles. The average Bonchev–Trinajstić information content (AvgIpc) is 2.76. The first-order valence-electron chi connectivity index (χ1n) is 9.77. The molecule has 0 aliphatic carbocycles. The van der Waals surface area contributed by atoms with Gasteiger partial charge in [-0.05, 0) is 24.3 Å². The van der Waals surface area contributed by atoms with Crippen molar-refractivity contribution >= 4 is 27.5 Å². The molecule has 0 saturated carbocycles. The fourth-order valence-corrected chi connectivity index (χ4v) is 4.55. The Morgan fingerprint density at radius 2 is 1.67 bits per heavy atom. The molecule has 162 valence electrons. The lowest BCUT2D eigenvalue weighted by molar-refractivity contribution is -0.133. The van der Waals surface area contributed by atoms with Crippen molar-refractivity contribution in [3.63, 3.8) is 0 Å². The van der Waals surface area contributed by atoms with E-state index in [9.17, 15) is 13.2 Å². The lowest BCUT2D eigenvalue weighted by Gasteiger charge is -2.35. The van der Waals surface area contributed by atoms with E-state index >= 15 is 0 Å². The molecule has 0 bridgehead atoms. The number of piperazine rings is 1. The SMILES string of the molecule is CN(CC(=O)N1CCN(CCOc2ccccc2Cl)CC1)S(=O)(=O)c1ccccc1. The van der Waals surface area contributed by atoms with Crippen LogP contribution in [0.25, 0.3) is 0 Å². The maximum absolute atomic E-state index is 12.6. The van der Waals surface area contributed by atoms with E-state index in [1.165, 1.54) is 19.2 Å². The fraction of sp³-hybridized carbons (Fsp3) is 0.381. The summed E-state index contributed by atoms with van der Waals surface area (Å²) in [5.74, 6) is 0.472. The number of nitrogens with zero attached hydrogens (tertiary/aromatic N) is 3. The predicted octanol–water partition coefficient (Wildman–Crippen LogP) is 2.18. The molecular weight excluding hydrogens is 426 g/mol. The van der Waals surface area contributed by atoms with E-state index in [0.29, 0.717) is 43.6 Å². The molecule has 0 radical (unpaired) electrons.